The van der Waals surface area contributed by atoms with Crippen LogP contribution in [-0.4, -0.2) is 21.2 Å². The van der Waals surface area contributed by atoms with Gasteiger partial charge < -0.3 is 0 Å². The van der Waals surface area contributed by atoms with Crippen molar-refractivity contribution >= 4 is 43.4 Å². The number of carbonyl (C=O) groups excluding carboxylic acids is 2. The van der Waals surface area contributed by atoms with Crippen LogP contribution in [0.15, 0.2) is 0 Å². The van der Waals surface area contributed by atoms with E-state index >= 15 is 0 Å². The van der Waals surface area contributed by atoms with Gasteiger partial charge in [-0.3, -0.25) is 9.59 Å². The minimum Gasteiger partial charge on any atom is -0.298 e. The van der Waals surface area contributed by atoms with Gasteiger partial charge in [-0.05, 0) is 30.1 Å². The van der Waals surface area contributed by atoms with E-state index in [9.17, 15) is 9.59 Å². The Morgan fingerprint density at radius 2 is 1.27 bits per heavy atom. The molecule has 0 amide bonds. The molecule has 0 spiro atoms. The molecule has 0 aromatic heterocycles. The van der Waals surface area contributed by atoms with E-state index in [0.29, 0.717) is 35.2 Å². The second-order valence-electron chi connectivity index (χ2n) is 5.38. The summed E-state index contributed by atoms with van der Waals surface area (Å²) in [4.78, 5) is 24.2. The standard InChI is InChI=1S/C11H10Br2O2/c12-8-4-2-1-3-5(4)9(13)11(15)7(3)6(2)10(8)14/h2-9H,1H2/t2-,3-,4-,5-,6+,7+,8-,9-/m1/s1. The van der Waals surface area contributed by atoms with Crippen molar-refractivity contribution in [3.63, 3.8) is 0 Å². The van der Waals surface area contributed by atoms with Gasteiger partial charge in [0.2, 0.25) is 0 Å². The van der Waals surface area contributed by atoms with E-state index in [-0.39, 0.29) is 21.5 Å². The molecule has 80 valence electrons. The van der Waals surface area contributed by atoms with Crippen molar-refractivity contribution in [2.45, 2.75) is 16.1 Å². The largest absolute Gasteiger partial charge is 0.298 e. The van der Waals surface area contributed by atoms with Crippen molar-refractivity contribution in [2.75, 3.05) is 0 Å². The van der Waals surface area contributed by atoms with Crippen molar-refractivity contribution in [1.29, 1.82) is 0 Å². The lowest BCUT2D eigenvalue weighted by Gasteiger charge is -2.25. The molecule has 0 unspecified atom stereocenters. The Morgan fingerprint density at radius 1 is 0.867 bits per heavy atom. The molecular formula is C11H10Br2O2. The van der Waals surface area contributed by atoms with E-state index < -0.39 is 0 Å². The van der Waals surface area contributed by atoms with E-state index in [1.54, 1.807) is 0 Å². The smallest absolute Gasteiger partial charge is 0.150 e. The minimum atomic E-state index is 0.0284. The lowest BCUT2D eigenvalue weighted by atomic mass is 9.79. The molecule has 4 heteroatoms. The predicted octanol–water partition coefficient (Wildman–Crippen LogP) is 1.79. The average molecular weight is 334 g/mol. The van der Waals surface area contributed by atoms with Crippen LogP contribution in [0.5, 0.6) is 0 Å². The zero-order valence-corrected chi connectivity index (χ0v) is 11.1. The first-order valence-electron chi connectivity index (χ1n) is 5.48. The molecule has 0 heterocycles. The van der Waals surface area contributed by atoms with Crippen LogP contribution in [0, 0.1) is 35.5 Å². The maximum absolute atomic E-state index is 12.1. The molecule has 4 rings (SSSR count). The average Bonchev–Trinajstić information content (AvgIpc) is 2.85. The summed E-state index contributed by atoms with van der Waals surface area (Å²) in [6.45, 7) is 0. The third-order valence-corrected chi connectivity index (χ3v) is 7.29. The van der Waals surface area contributed by atoms with Crippen molar-refractivity contribution in [1.82, 2.24) is 0 Å². The third kappa shape index (κ3) is 0.791. The van der Waals surface area contributed by atoms with Gasteiger partial charge in [-0.25, -0.2) is 0 Å². The van der Waals surface area contributed by atoms with E-state index in [1.807, 2.05) is 0 Å². The quantitative estimate of drug-likeness (QED) is 0.633. The van der Waals surface area contributed by atoms with Crippen molar-refractivity contribution in [3.8, 4) is 0 Å². The van der Waals surface area contributed by atoms with Gasteiger partial charge in [-0.1, -0.05) is 31.9 Å². The highest BCUT2D eigenvalue weighted by molar-refractivity contribution is 9.10. The lowest BCUT2D eigenvalue weighted by Crippen LogP contribution is -2.29. The highest BCUT2D eigenvalue weighted by Gasteiger charge is 2.74. The first-order chi connectivity index (χ1) is 7.13. The maximum Gasteiger partial charge on any atom is 0.150 e. The molecule has 0 aromatic carbocycles. The maximum atomic E-state index is 12.1. The van der Waals surface area contributed by atoms with Crippen LogP contribution >= 0.6 is 31.9 Å². The first kappa shape index (κ1) is 9.34. The molecule has 2 nitrogen and oxygen atoms in total. The number of halogens is 2. The van der Waals surface area contributed by atoms with Crippen molar-refractivity contribution in [3.05, 3.63) is 0 Å². The summed E-state index contributed by atoms with van der Waals surface area (Å²) in [6, 6.07) is 0. The monoisotopic (exact) mass is 332 g/mol. The summed E-state index contributed by atoms with van der Waals surface area (Å²) in [5.74, 6) is 2.63. The predicted molar refractivity (Wildman–Crippen MR) is 61.0 cm³/mol. The summed E-state index contributed by atoms with van der Waals surface area (Å²) in [5, 5.41) is 0. The molecule has 0 radical (unpaired) electrons. The second kappa shape index (κ2) is 2.58. The van der Waals surface area contributed by atoms with Gasteiger partial charge in [0.15, 0.2) is 11.6 Å². The molecule has 4 fully saturated rings. The van der Waals surface area contributed by atoms with Crippen LogP contribution < -0.4 is 0 Å². The molecule has 0 aliphatic heterocycles. The summed E-state index contributed by atoms with van der Waals surface area (Å²) in [5.41, 5.74) is 0. The van der Waals surface area contributed by atoms with Gasteiger partial charge >= 0.3 is 0 Å². The number of hydrogen-bond acceptors (Lipinski definition) is 2. The molecule has 8 atom stereocenters. The number of fused-ring (bicyclic) bond motifs is 2. The van der Waals surface area contributed by atoms with Crippen molar-refractivity contribution in [2.24, 2.45) is 35.5 Å². The number of ketones is 2. The fourth-order valence-corrected chi connectivity index (χ4v) is 6.95. The lowest BCUT2D eigenvalue weighted by molar-refractivity contribution is -0.128. The molecule has 0 aromatic rings. The SMILES string of the molecule is O=C1[C@H]2[C@@H]3C[C@H]4[C@@H]2C(=O)[C@H](Br)[C@H]4[C@@H]3[C@H]1Br. The van der Waals surface area contributed by atoms with Gasteiger partial charge in [-0.2, -0.15) is 0 Å². The Kier molecular flexibility index (Phi) is 1.61. The Balaban J connectivity index is 1.93. The van der Waals surface area contributed by atoms with Gasteiger partial charge in [0.25, 0.3) is 0 Å². The number of alkyl halides is 2. The summed E-state index contributed by atoms with van der Waals surface area (Å²) in [7, 11) is 0. The number of rotatable bonds is 0. The topological polar surface area (TPSA) is 34.1 Å². The zero-order chi connectivity index (χ0) is 10.5. The Morgan fingerprint density at radius 3 is 1.67 bits per heavy atom. The highest BCUT2D eigenvalue weighted by Crippen LogP contribution is 2.70. The second-order valence-corrected chi connectivity index (χ2v) is 7.35. The van der Waals surface area contributed by atoms with Crippen LogP contribution in [0.1, 0.15) is 6.42 Å². The number of Topliss-reactive ketones (excluding diaryl/α,β-unsaturated/α-hetero) is 2. The number of carbonyl (C=O) groups is 2. The molecule has 4 saturated carbocycles. The normalized spacial score (nSPS) is 64.7. The summed E-state index contributed by atoms with van der Waals surface area (Å²) < 4.78 is 0. The molecule has 0 N–H and O–H groups in total. The Labute approximate surface area is 104 Å². The fraction of sp³-hybridized carbons (Fsp3) is 0.818. The Bertz CT molecular complexity index is 358. The molecule has 15 heavy (non-hydrogen) atoms. The first-order valence-corrected chi connectivity index (χ1v) is 7.31. The van der Waals surface area contributed by atoms with Crippen LogP contribution in [0.25, 0.3) is 0 Å². The van der Waals surface area contributed by atoms with Gasteiger partial charge in [0.05, 0.1) is 9.65 Å². The van der Waals surface area contributed by atoms with E-state index in [4.69, 9.17) is 0 Å². The molecule has 0 saturated heterocycles. The summed E-state index contributed by atoms with van der Waals surface area (Å²) >= 11 is 7.09. The van der Waals surface area contributed by atoms with Crippen LogP contribution in [-0.2, 0) is 9.59 Å². The molecule has 2 bridgehead atoms. The van der Waals surface area contributed by atoms with Crippen LogP contribution in [0.4, 0.5) is 0 Å². The minimum absolute atomic E-state index is 0.0284. The third-order valence-electron chi connectivity index (χ3n) is 5.16. The zero-order valence-electron chi connectivity index (χ0n) is 7.90. The van der Waals surface area contributed by atoms with E-state index in [0.717, 1.165) is 6.42 Å². The molecule has 4 aliphatic rings. The van der Waals surface area contributed by atoms with Crippen LogP contribution in [0.3, 0.4) is 0 Å². The van der Waals surface area contributed by atoms with Crippen molar-refractivity contribution < 1.29 is 9.59 Å². The molecule has 4 aliphatic carbocycles. The van der Waals surface area contributed by atoms with E-state index in [2.05, 4.69) is 31.9 Å². The van der Waals surface area contributed by atoms with Crippen LogP contribution in [0.2, 0.25) is 0 Å². The number of hydrogen-bond donors (Lipinski definition) is 0. The van der Waals surface area contributed by atoms with E-state index in [1.165, 1.54) is 0 Å². The Hall–Kier alpha value is 0.300. The van der Waals surface area contributed by atoms with Gasteiger partial charge in [-0.15, -0.1) is 0 Å². The van der Waals surface area contributed by atoms with Gasteiger partial charge in [0, 0.05) is 11.8 Å². The highest BCUT2D eigenvalue weighted by atomic mass is 79.9. The summed E-state index contributed by atoms with van der Waals surface area (Å²) in [6.07, 6.45) is 1.12. The molecular weight excluding hydrogens is 324 g/mol. The fourth-order valence-electron chi connectivity index (χ4n) is 4.85. The van der Waals surface area contributed by atoms with Gasteiger partial charge in [0.1, 0.15) is 0 Å².